The van der Waals surface area contributed by atoms with Gasteiger partial charge in [-0.1, -0.05) is 11.6 Å². The van der Waals surface area contributed by atoms with Crippen LogP contribution in [0.15, 0.2) is 18.2 Å². The first-order valence-corrected chi connectivity index (χ1v) is 7.15. The fourth-order valence-corrected chi connectivity index (χ4v) is 2.53. The number of hydrogen-bond acceptors (Lipinski definition) is 4. The van der Waals surface area contributed by atoms with Gasteiger partial charge in [-0.05, 0) is 18.2 Å². The van der Waals surface area contributed by atoms with Gasteiger partial charge in [0.2, 0.25) is 0 Å². The summed E-state index contributed by atoms with van der Waals surface area (Å²) in [5.74, 6) is 0.640. The van der Waals surface area contributed by atoms with Gasteiger partial charge in [0.25, 0.3) is 0 Å². The van der Waals surface area contributed by atoms with E-state index in [1.165, 1.54) is 20.3 Å². The fourth-order valence-electron chi connectivity index (χ4n) is 1.32. The van der Waals surface area contributed by atoms with Crippen LogP contribution in [-0.4, -0.2) is 42.3 Å². The van der Waals surface area contributed by atoms with E-state index < -0.39 is 10.8 Å². The molecule has 0 aromatic heterocycles. The Morgan fingerprint density at radius 1 is 1.39 bits per heavy atom. The summed E-state index contributed by atoms with van der Waals surface area (Å²) in [6.07, 6.45) is 0. The molecule has 1 rings (SSSR count). The first-order valence-electron chi connectivity index (χ1n) is 5.29. The van der Waals surface area contributed by atoms with E-state index in [-0.39, 0.29) is 11.5 Å². The monoisotopic (exact) mass is 290 g/mol. The highest BCUT2D eigenvalue weighted by Gasteiger charge is 2.12. The summed E-state index contributed by atoms with van der Waals surface area (Å²) in [7, 11) is 1.82. The fraction of sp³-hybridized carbons (Fsp3) is 0.417. The normalized spacial score (nSPS) is 12.2. The standard InChI is InChI=1S/C12H15ClO4S/c1-16-5-6-18(15)8-11(14)9-3-4-12(17-2)10(13)7-9/h3-4,7H,5-6,8H2,1-2H3. The molecule has 1 aromatic rings. The highest BCUT2D eigenvalue weighted by molar-refractivity contribution is 7.85. The third kappa shape index (κ3) is 4.40. The van der Waals surface area contributed by atoms with Gasteiger partial charge in [-0.15, -0.1) is 0 Å². The Balaban J connectivity index is 2.67. The summed E-state index contributed by atoms with van der Waals surface area (Å²) in [5, 5.41) is 0.367. The molecule has 0 spiro atoms. The van der Waals surface area contributed by atoms with Crippen molar-refractivity contribution < 1.29 is 18.5 Å². The smallest absolute Gasteiger partial charge is 0.175 e. The van der Waals surface area contributed by atoms with Crippen molar-refractivity contribution in [3.63, 3.8) is 0 Å². The summed E-state index contributed by atoms with van der Waals surface area (Å²) in [6, 6.07) is 4.75. The van der Waals surface area contributed by atoms with Crippen molar-refractivity contribution in [2.24, 2.45) is 0 Å². The summed E-state index contributed by atoms with van der Waals surface area (Å²) in [6.45, 7) is 0.378. The van der Waals surface area contributed by atoms with Crippen LogP contribution in [0.1, 0.15) is 10.4 Å². The second-order valence-corrected chi connectivity index (χ2v) is 5.54. The molecule has 0 aliphatic carbocycles. The quantitative estimate of drug-likeness (QED) is 0.720. The molecule has 0 radical (unpaired) electrons. The molecule has 100 valence electrons. The van der Waals surface area contributed by atoms with Crippen LogP contribution in [0.3, 0.4) is 0 Å². The van der Waals surface area contributed by atoms with Crippen molar-refractivity contribution in [2.45, 2.75) is 0 Å². The zero-order chi connectivity index (χ0) is 13.5. The molecular formula is C12H15ClO4S. The SMILES string of the molecule is COCCS(=O)CC(=O)c1ccc(OC)c(Cl)c1. The molecule has 1 aromatic carbocycles. The van der Waals surface area contributed by atoms with Crippen molar-refractivity contribution in [3.8, 4) is 5.75 Å². The van der Waals surface area contributed by atoms with Crippen LogP contribution >= 0.6 is 11.6 Å². The maximum Gasteiger partial charge on any atom is 0.175 e. The Morgan fingerprint density at radius 3 is 2.67 bits per heavy atom. The van der Waals surface area contributed by atoms with Crippen molar-refractivity contribution in [3.05, 3.63) is 28.8 Å². The molecule has 6 heteroatoms. The average molecular weight is 291 g/mol. The average Bonchev–Trinajstić information content (AvgIpc) is 2.36. The molecule has 1 unspecified atom stereocenters. The van der Waals surface area contributed by atoms with Crippen LogP contribution in [0.5, 0.6) is 5.75 Å². The number of hydrogen-bond donors (Lipinski definition) is 0. The Bertz CT molecular complexity index is 448. The van der Waals surface area contributed by atoms with Gasteiger partial charge in [0.05, 0.1) is 24.5 Å². The molecule has 0 fully saturated rings. The van der Waals surface area contributed by atoms with Crippen LogP contribution in [0.2, 0.25) is 5.02 Å². The van der Waals surface area contributed by atoms with Crippen LogP contribution < -0.4 is 4.74 Å². The molecule has 1 atom stereocenters. The van der Waals surface area contributed by atoms with E-state index in [4.69, 9.17) is 21.1 Å². The van der Waals surface area contributed by atoms with E-state index >= 15 is 0 Å². The second kappa shape index (κ2) is 7.51. The summed E-state index contributed by atoms with van der Waals surface area (Å²) < 4.78 is 21.3. The van der Waals surface area contributed by atoms with Crippen LogP contribution in [0.25, 0.3) is 0 Å². The van der Waals surface area contributed by atoms with Crippen LogP contribution in [0.4, 0.5) is 0 Å². The van der Waals surface area contributed by atoms with E-state index in [0.29, 0.717) is 28.7 Å². The van der Waals surface area contributed by atoms with Crippen molar-refractivity contribution in [1.82, 2.24) is 0 Å². The van der Waals surface area contributed by atoms with E-state index in [0.717, 1.165) is 0 Å². The van der Waals surface area contributed by atoms with E-state index in [2.05, 4.69) is 0 Å². The number of methoxy groups -OCH3 is 2. The predicted molar refractivity (Wildman–Crippen MR) is 72.1 cm³/mol. The Hall–Kier alpha value is -0.910. The number of Topliss-reactive ketones (excluding diaryl/α,β-unsaturated/α-hetero) is 1. The zero-order valence-corrected chi connectivity index (χ0v) is 11.8. The third-order valence-electron chi connectivity index (χ3n) is 2.28. The summed E-state index contributed by atoms with van der Waals surface area (Å²) in [5.41, 5.74) is 0.437. The van der Waals surface area contributed by atoms with E-state index in [9.17, 15) is 9.00 Å². The number of halogens is 1. The van der Waals surface area contributed by atoms with Gasteiger partial charge < -0.3 is 9.47 Å². The lowest BCUT2D eigenvalue weighted by Gasteiger charge is -2.05. The molecule has 0 amide bonds. The minimum Gasteiger partial charge on any atom is -0.495 e. The summed E-state index contributed by atoms with van der Waals surface area (Å²) >= 11 is 5.92. The van der Waals surface area contributed by atoms with Crippen molar-refractivity contribution in [1.29, 1.82) is 0 Å². The first kappa shape index (κ1) is 15.1. The molecule has 0 bridgehead atoms. The van der Waals surface area contributed by atoms with Gasteiger partial charge >= 0.3 is 0 Å². The maximum absolute atomic E-state index is 11.8. The second-order valence-electron chi connectivity index (χ2n) is 3.55. The number of rotatable bonds is 7. The highest BCUT2D eigenvalue weighted by Crippen LogP contribution is 2.25. The molecule has 0 aliphatic rings. The molecule has 4 nitrogen and oxygen atoms in total. The number of ether oxygens (including phenoxy) is 2. The van der Waals surface area contributed by atoms with E-state index in [1.54, 1.807) is 12.1 Å². The largest absolute Gasteiger partial charge is 0.495 e. The van der Waals surface area contributed by atoms with Gasteiger partial charge in [0.15, 0.2) is 5.78 Å². The van der Waals surface area contributed by atoms with Gasteiger partial charge in [0.1, 0.15) is 5.75 Å². The number of benzene rings is 1. The topological polar surface area (TPSA) is 52.6 Å². The maximum atomic E-state index is 11.8. The number of carbonyl (C=O) groups excluding carboxylic acids is 1. The van der Waals surface area contributed by atoms with Gasteiger partial charge in [-0.25, -0.2) is 0 Å². The van der Waals surface area contributed by atoms with E-state index in [1.807, 2.05) is 0 Å². The van der Waals surface area contributed by atoms with Gasteiger partial charge in [-0.2, -0.15) is 0 Å². The number of carbonyl (C=O) groups is 1. The number of ketones is 1. The highest BCUT2D eigenvalue weighted by atomic mass is 35.5. The molecule has 18 heavy (non-hydrogen) atoms. The Morgan fingerprint density at radius 2 is 2.11 bits per heavy atom. The Kier molecular flexibility index (Phi) is 6.32. The summed E-state index contributed by atoms with van der Waals surface area (Å²) in [4.78, 5) is 11.8. The molecule has 0 heterocycles. The minimum atomic E-state index is -1.21. The lowest BCUT2D eigenvalue weighted by Crippen LogP contribution is -2.15. The Labute approximate surface area is 114 Å². The molecule has 0 N–H and O–H groups in total. The first-order chi connectivity index (χ1) is 8.58. The van der Waals surface area contributed by atoms with Gasteiger partial charge in [0, 0.05) is 29.2 Å². The lowest BCUT2D eigenvalue weighted by molar-refractivity contribution is 0.102. The van der Waals surface area contributed by atoms with Crippen molar-refractivity contribution >= 4 is 28.2 Å². The molecule has 0 saturated heterocycles. The molecule has 0 saturated carbocycles. The molecule has 0 aliphatic heterocycles. The van der Waals surface area contributed by atoms with Gasteiger partial charge in [-0.3, -0.25) is 9.00 Å². The predicted octanol–water partition coefficient (Wildman–Crippen LogP) is 1.93. The lowest BCUT2D eigenvalue weighted by atomic mass is 10.1. The third-order valence-corrected chi connectivity index (χ3v) is 3.78. The molecular weight excluding hydrogens is 276 g/mol. The van der Waals surface area contributed by atoms with Crippen LogP contribution in [-0.2, 0) is 15.5 Å². The van der Waals surface area contributed by atoms with Crippen LogP contribution in [0, 0.1) is 0 Å². The minimum absolute atomic E-state index is 0.0218. The zero-order valence-electron chi connectivity index (χ0n) is 10.3. The van der Waals surface area contributed by atoms with Crippen molar-refractivity contribution in [2.75, 3.05) is 32.3 Å².